The van der Waals surface area contributed by atoms with Crippen molar-refractivity contribution >= 4 is 15.8 Å². The molecule has 2 aromatic heterocycles. The molecule has 0 unspecified atom stereocenters. The summed E-state index contributed by atoms with van der Waals surface area (Å²) in [7, 11) is -3.33. The molecule has 0 bridgehead atoms. The Morgan fingerprint density at radius 1 is 1.08 bits per heavy atom. The lowest BCUT2D eigenvalue weighted by Crippen LogP contribution is -2.40. The predicted octanol–water partition coefficient (Wildman–Crippen LogP) is 3.39. The molecule has 2 aliphatic heterocycles. The first-order valence-corrected chi connectivity index (χ1v) is 14.2. The molecule has 0 N–H and O–H groups in total. The van der Waals surface area contributed by atoms with Crippen LogP contribution in [0.2, 0.25) is 0 Å². The van der Waals surface area contributed by atoms with Gasteiger partial charge in [0.05, 0.1) is 29.9 Å². The number of nitrogens with zero attached hydrogens (tertiary/aromatic N) is 6. The molecule has 0 amide bonds. The third-order valence-electron chi connectivity index (χ3n) is 6.87. The van der Waals surface area contributed by atoms with E-state index >= 15 is 0 Å². The largest absolute Gasteiger partial charge is 0.487 e. The highest BCUT2D eigenvalue weighted by molar-refractivity contribution is 7.89. The molecule has 198 valence electrons. The lowest BCUT2D eigenvalue weighted by Gasteiger charge is -2.35. The fourth-order valence-electron chi connectivity index (χ4n) is 4.73. The molecule has 1 fully saturated rings. The topological polar surface area (TPSA) is 93.5 Å². The lowest BCUT2D eigenvalue weighted by atomic mass is 10.1. The highest BCUT2D eigenvalue weighted by atomic mass is 32.2. The fourth-order valence-corrected chi connectivity index (χ4v) is 5.78. The van der Waals surface area contributed by atoms with E-state index in [1.165, 1.54) is 16.4 Å². The molecule has 12 heteroatoms. The molecule has 0 aliphatic carbocycles. The van der Waals surface area contributed by atoms with Gasteiger partial charge in [-0.2, -0.15) is 9.40 Å². The van der Waals surface area contributed by atoms with Crippen molar-refractivity contribution in [3.63, 3.8) is 0 Å². The van der Waals surface area contributed by atoms with Gasteiger partial charge in [0.15, 0.2) is 17.4 Å². The molecular weight excluding hydrogens is 502 g/mol. The van der Waals surface area contributed by atoms with E-state index in [2.05, 4.69) is 10.00 Å². The predicted molar refractivity (Wildman–Crippen MR) is 135 cm³/mol. The third-order valence-corrected chi connectivity index (χ3v) is 8.70. The number of aromatic nitrogens is 4. The number of fused-ring (bicyclic) bond motifs is 1. The van der Waals surface area contributed by atoms with Crippen molar-refractivity contribution in [1.29, 1.82) is 0 Å². The van der Waals surface area contributed by atoms with Crippen LogP contribution in [-0.4, -0.2) is 64.0 Å². The number of sulfonamides is 1. The number of benzene rings is 1. The average Bonchev–Trinajstić information content (AvgIpc) is 3.39. The van der Waals surface area contributed by atoms with Crippen LogP contribution in [0.1, 0.15) is 38.1 Å². The zero-order valence-electron chi connectivity index (χ0n) is 20.9. The van der Waals surface area contributed by atoms with Gasteiger partial charge in [-0.15, -0.1) is 0 Å². The summed E-state index contributed by atoms with van der Waals surface area (Å²) in [5.74, 6) is -0.527. The number of piperidine rings is 1. The molecule has 2 aliphatic rings. The number of hydrogen-bond donors (Lipinski definition) is 0. The zero-order chi connectivity index (χ0) is 26.2. The highest BCUT2D eigenvalue weighted by Gasteiger charge is 2.31. The van der Waals surface area contributed by atoms with Crippen molar-refractivity contribution in [2.75, 3.05) is 30.3 Å². The molecule has 1 aromatic carbocycles. The summed E-state index contributed by atoms with van der Waals surface area (Å²) in [4.78, 5) is 12.1. The van der Waals surface area contributed by atoms with Crippen molar-refractivity contribution in [2.24, 2.45) is 0 Å². The van der Waals surface area contributed by atoms with E-state index in [0.29, 0.717) is 56.8 Å². The SMILES string of the molecule is CCn1cc(-c2nc3c(nc2N2CCC(Oc4ccc(F)cc4F)CC2)CCN(S(=O)(=O)CC)C3)cn1. The first kappa shape index (κ1) is 25.5. The van der Waals surface area contributed by atoms with Crippen molar-refractivity contribution in [1.82, 2.24) is 24.1 Å². The van der Waals surface area contributed by atoms with Crippen LogP contribution in [0, 0.1) is 11.6 Å². The Kier molecular flexibility index (Phi) is 7.13. The summed E-state index contributed by atoms with van der Waals surface area (Å²) in [5, 5.41) is 4.39. The van der Waals surface area contributed by atoms with Crippen LogP contribution < -0.4 is 9.64 Å². The van der Waals surface area contributed by atoms with Crippen LogP contribution in [0.5, 0.6) is 5.75 Å². The molecule has 1 saturated heterocycles. The van der Waals surface area contributed by atoms with Gasteiger partial charge in [-0.25, -0.2) is 27.2 Å². The van der Waals surface area contributed by atoms with Gasteiger partial charge in [0.1, 0.15) is 17.6 Å². The van der Waals surface area contributed by atoms with Gasteiger partial charge in [0.25, 0.3) is 0 Å². The van der Waals surface area contributed by atoms with E-state index < -0.39 is 21.7 Å². The Morgan fingerprint density at radius 3 is 2.54 bits per heavy atom. The second-order valence-electron chi connectivity index (χ2n) is 9.24. The van der Waals surface area contributed by atoms with Crippen molar-refractivity contribution < 1.29 is 21.9 Å². The number of ether oxygens (including phenoxy) is 1. The van der Waals surface area contributed by atoms with Crippen LogP contribution in [0.25, 0.3) is 11.3 Å². The van der Waals surface area contributed by atoms with Gasteiger partial charge in [0.2, 0.25) is 10.0 Å². The Hall–Kier alpha value is -3.12. The van der Waals surface area contributed by atoms with E-state index in [-0.39, 0.29) is 24.2 Å². The number of rotatable bonds is 7. The third kappa shape index (κ3) is 5.30. The number of anilines is 1. The van der Waals surface area contributed by atoms with E-state index in [0.717, 1.165) is 23.1 Å². The Morgan fingerprint density at radius 2 is 1.86 bits per heavy atom. The number of aryl methyl sites for hydroxylation is 1. The van der Waals surface area contributed by atoms with Gasteiger partial charge < -0.3 is 9.64 Å². The van der Waals surface area contributed by atoms with E-state index in [1.807, 2.05) is 17.8 Å². The lowest BCUT2D eigenvalue weighted by molar-refractivity contribution is 0.163. The summed E-state index contributed by atoms with van der Waals surface area (Å²) < 4.78 is 61.4. The molecule has 37 heavy (non-hydrogen) atoms. The Balaban J connectivity index is 1.40. The first-order valence-electron chi connectivity index (χ1n) is 12.5. The van der Waals surface area contributed by atoms with Crippen molar-refractivity contribution in [2.45, 2.75) is 52.3 Å². The molecule has 3 aromatic rings. The fraction of sp³-hybridized carbons (Fsp3) is 0.480. The first-order chi connectivity index (χ1) is 17.8. The summed E-state index contributed by atoms with van der Waals surface area (Å²) in [6.45, 7) is 6.16. The van der Waals surface area contributed by atoms with Crippen LogP contribution in [-0.2, 0) is 29.5 Å². The van der Waals surface area contributed by atoms with Crippen LogP contribution in [0.4, 0.5) is 14.6 Å². The van der Waals surface area contributed by atoms with Gasteiger partial charge in [-0.05, 0) is 26.0 Å². The minimum atomic E-state index is -3.33. The molecular formula is C25H30F2N6O3S. The van der Waals surface area contributed by atoms with Crippen LogP contribution in [0.3, 0.4) is 0 Å². The van der Waals surface area contributed by atoms with Crippen LogP contribution >= 0.6 is 0 Å². The Bertz CT molecular complexity index is 1390. The van der Waals surface area contributed by atoms with Gasteiger partial charge >= 0.3 is 0 Å². The molecule has 5 rings (SSSR count). The minimum absolute atomic E-state index is 0.0445. The second kappa shape index (κ2) is 10.3. The maximum atomic E-state index is 14.1. The molecule has 0 spiro atoms. The summed E-state index contributed by atoms with van der Waals surface area (Å²) >= 11 is 0. The minimum Gasteiger partial charge on any atom is -0.487 e. The molecule has 0 saturated carbocycles. The van der Waals surface area contributed by atoms with E-state index in [9.17, 15) is 17.2 Å². The maximum Gasteiger partial charge on any atom is 0.214 e. The quantitative estimate of drug-likeness (QED) is 0.461. The smallest absolute Gasteiger partial charge is 0.214 e. The molecule has 9 nitrogen and oxygen atoms in total. The average molecular weight is 533 g/mol. The highest BCUT2D eigenvalue weighted by Crippen LogP contribution is 2.33. The standard InChI is InChI=1S/C25H30F2N6O3S/c1-3-32-15-17(14-28-32)24-25(30-21-9-12-33(16-22(21)29-24)37(34,35)4-2)31-10-7-19(8-11-31)36-23-6-5-18(26)13-20(23)27/h5-6,13-15,19H,3-4,7-12,16H2,1-2H3. The summed E-state index contributed by atoms with van der Waals surface area (Å²) in [6.07, 6.45) is 5.21. The van der Waals surface area contributed by atoms with Gasteiger partial charge in [-0.3, -0.25) is 4.68 Å². The zero-order valence-corrected chi connectivity index (χ0v) is 21.7. The summed E-state index contributed by atoms with van der Waals surface area (Å²) in [5.41, 5.74) is 2.94. The van der Waals surface area contributed by atoms with Crippen molar-refractivity contribution in [3.05, 3.63) is 53.6 Å². The molecule has 0 atom stereocenters. The van der Waals surface area contributed by atoms with Crippen molar-refractivity contribution in [3.8, 4) is 17.0 Å². The number of halogens is 2. The molecule has 0 radical (unpaired) electrons. The normalized spacial score (nSPS) is 17.1. The van der Waals surface area contributed by atoms with E-state index in [1.54, 1.807) is 13.1 Å². The van der Waals surface area contributed by atoms with Gasteiger partial charge in [0, 0.05) is 63.3 Å². The van der Waals surface area contributed by atoms with E-state index in [4.69, 9.17) is 14.7 Å². The second-order valence-corrected chi connectivity index (χ2v) is 11.5. The van der Waals surface area contributed by atoms with Gasteiger partial charge in [-0.1, -0.05) is 0 Å². The number of hydrogen-bond acceptors (Lipinski definition) is 7. The Labute approximate surface area is 215 Å². The van der Waals surface area contributed by atoms with Crippen LogP contribution in [0.15, 0.2) is 30.6 Å². The maximum absolute atomic E-state index is 14.1. The summed E-state index contributed by atoms with van der Waals surface area (Å²) in [6, 6.07) is 3.33. The molecule has 4 heterocycles. The monoisotopic (exact) mass is 532 g/mol.